The highest BCUT2D eigenvalue weighted by Crippen LogP contribution is 2.37. The maximum absolute atomic E-state index is 14.0. The number of carbonyl (C=O) groups is 2. The van der Waals surface area contributed by atoms with Crippen LogP contribution in [0.4, 0.5) is 0 Å². The first kappa shape index (κ1) is 35.9. The molecule has 0 aliphatic carbocycles. The Morgan fingerprint density at radius 3 is 2.20 bits per heavy atom. The fraction of sp³-hybridized carbons (Fsp3) is 0.611. The number of ether oxygens (including phenoxy) is 3. The van der Waals surface area contributed by atoms with Crippen molar-refractivity contribution in [1.82, 2.24) is 10.4 Å². The number of hydrogen-bond donors (Lipinski definition) is 1. The second kappa shape index (κ2) is 14.5. The highest BCUT2D eigenvalue weighted by molar-refractivity contribution is 6.63. The molecule has 0 radical (unpaired) electrons. The van der Waals surface area contributed by atoms with Gasteiger partial charge in [0.1, 0.15) is 12.4 Å². The molecule has 2 aromatic rings. The summed E-state index contributed by atoms with van der Waals surface area (Å²) >= 11 is 0. The molecule has 2 aromatic carbocycles. The highest BCUT2D eigenvalue weighted by Gasteiger charge is 2.52. The van der Waals surface area contributed by atoms with Gasteiger partial charge in [0.25, 0.3) is 11.8 Å². The molecule has 0 saturated carbocycles. The first-order valence-corrected chi connectivity index (χ1v) is 16.6. The standard InChI is InChI=1S/C36H53BN2O7/c1-11-30(34(4,5)6)39(33(41)27-21-24(2)20-25(3)22-27)38-32(40)26-15-16-28(37-45-35(7,8)36(9,10)46-37)29(23-26)42-18-19-44-31-14-12-13-17-43-31/h15-16,20-23,30-31H,11-14,17-19H2,1-10H3,(H,38,40)/t30-,31?/m1/s1. The summed E-state index contributed by atoms with van der Waals surface area (Å²) in [5.41, 5.74) is 5.08. The van der Waals surface area contributed by atoms with Crippen molar-refractivity contribution in [3.8, 4) is 5.75 Å². The molecule has 2 aliphatic rings. The number of amides is 2. The molecule has 2 fully saturated rings. The molecule has 1 N–H and O–H groups in total. The fourth-order valence-electron chi connectivity index (χ4n) is 6.00. The van der Waals surface area contributed by atoms with Gasteiger partial charge in [-0.1, -0.05) is 51.0 Å². The molecule has 0 aromatic heterocycles. The van der Waals surface area contributed by atoms with Crippen LogP contribution >= 0.6 is 0 Å². The van der Waals surface area contributed by atoms with Crippen LogP contribution in [0.25, 0.3) is 0 Å². The maximum atomic E-state index is 14.0. The zero-order valence-electron chi connectivity index (χ0n) is 29.5. The molecule has 2 saturated heterocycles. The van der Waals surface area contributed by atoms with Gasteiger partial charge in [-0.3, -0.25) is 15.0 Å². The Kier molecular flexibility index (Phi) is 11.3. The summed E-state index contributed by atoms with van der Waals surface area (Å²) in [6.07, 6.45) is 3.41. The lowest BCUT2D eigenvalue weighted by atomic mass is 9.78. The number of aryl methyl sites for hydroxylation is 2. The smallest absolute Gasteiger partial charge is 0.492 e. The second-order valence-corrected chi connectivity index (χ2v) is 14.6. The normalized spacial score (nSPS) is 19.9. The first-order valence-electron chi connectivity index (χ1n) is 16.6. The number of hydrogen-bond acceptors (Lipinski definition) is 7. The predicted octanol–water partition coefficient (Wildman–Crippen LogP) is 6.14. The number of nitrogens with zero attached hydrogens (tertiary/aromatic N) is 1. The highest BCUT2D eigenvalue weighted by atomic mass is 16.7. The van der Waals surface area contributed by atoms with Crippen LogP contribution in [0.2, 0.25) is 0 Å². The van der Waals surface area contributed by atoms with Crippen LogP contribution in [-0.2, 0) is 18.8 Å². The van der Waals surface area contributed by atoms with E-state index in [1.165, 1.54) is 5.01 Å². The Morgan fingerprint density at radius 1 is 0.978 bits per heavy atom. The van der Waals surface area contributed by atoms with E-state index in [1.807, 2.05) is 66.7 Å². The Hall–Kier alpha value is -2.92. The SMILES string of the molecule is CC[C@@H](N(NC(=O)c1ccc(B2OC(C)(C)C(C)(C)O2)c(OCCOC2CCCCO2)c1)C(=O)c1cc(C)cc(C)c1)C(C)(C)C. The van der Waals surface area contributed by atoms with Crippen molar-refractivity contribution in [3.05, 3.63) is 58.7 Å². The maximum Gasteiger partial charge on any atom is 0.498 e. The molecule has 46 heavy (non-hydrogen) atoms. The molecule has 0 spiro atoms. The fourth-order valence-corrected chi connectivity index (χ4v) is 6.00. The van der Waals surface area contributed by atoms with Gasteiger partial charge < -0.3 is 23.5 Å². The van der Waals surface area contributed by atoms with Crippen molar-refractivity contribution in [1.29, 1.82) is 0 Å². The number of benzene rings is 2. The summed E-state index contributed by atoms with van der Waals surface area (Å²) in [5, 5.41) is 1.50. The number of nitrogens with one attached hydrogen (secondary N) is 1. The third kappa shape index (κ3) is 8.51. The van der Waals surface area contributed by atoms with E-state index in [9.17, 15) is 9.59 Å². The molecule has 2 amide bonds. The van der Waals surface area contributed by atoms with E-state index in [4.69, 9.17) is 23.5 Å². The van der Waals surface area contributed by atoms with Crippen molar-refractivity contribution in [2.24, 2.45) is 5.41 Å². The van der Waals surface area contributed by atoms with Crippen LogP contribution in [0.1, 0.15) is 113 Å². The monoisotopic (exact) mass is 636 g/mol. The van der Waals surface area contributed by atoms with Gasteiger partial charge in [0.2, 0.25) is 0 Å². The van der Waals surface area contributed by atoms with Crippen molar-refractivity contribution in [3.63, 3.8) is 0 Å². The van der Waals surface area contributed by atoms with Crippen molar-refractivity contribution < 1.29 is 33.1 Å². The van der Waals surface area contributed by atoms with Crippen LogP contribution in [0, 0.1) is 19.3 Å². The van der Waals surface area contributed by atoms with Crippen molar-refractivity contribution >= 4 is 24.4 Å². The van der Waals surface area contributed by atoms with Gasteiger partial charge in [-0.05, 0) is 96.9 Å². The quantitative estimate of drug-likeness (QED) is 0.190. The minimum absolute atomic E-state index is 0.230. The molecule has 2 atom stereocenters. The van der Waals surface area contributed by atoms with Crippen LogP contribution in [0.3, 0.4) is 0 Å². The molecule has 252 valence electrons. The summed E-state index contributed by atoms with van der Waals surface area (Å²) < 4.78 is 30.5. The number of hydrazine groups is 1. The van der Waals surface area contributed by atoms with E-state index in [0.717, 1.165) is 30.4 Å². The zero-order chi connectivity index (χ0) is 33.9. The van der Waals surface area contributed by atoms with Gasteiger partial charge in [-0.2, -0.15) is 0 Å². The minimum Gasteiger partial charge on any atom is -0.492 e. The average molecular weight is 637 g/mol. The predicted molar refractivity (Wildman–Crippen MR) is 180 cm³/mol. The first-order chi connectivity index (χ1) is 21.5. The second-order valence-electron chi connectivity index (χ2n) is 14.6. The van der Waals surface area contributed by atoms with E-state index in [1.54, 1.807) is 18.2 Å². The van der Waals surface area contributed by atoms with E-state index >= 15 is 0 Å². The lowest BCUT2D eigenvalue weighted by molar-refractivity contribution is -0.165. The van der Waals surface area contributed by atoms with Gasteiger partial charge in [0, 0.05) is 23.2 Å². The van der Waals surface area contributed by atoms with Crippen LogP contribution in [-0.4, -0.2) is 67.3 Å². The lowest BCUT2D eigenvalue weighted by Gasteiger charge is -2.39. The number of rotatable bonds is 10. The largest absolute Gasteiger partial charge is 0.498 e. The molecule has 10 heteroatoms. The Balaban J connectivity index is 1.62. The third-order valence-corrected chi connectivity index (χ3v) is 9.17. The summed E-state index contributed by atoms with van der Waals surface area (Å²) in [4.78, 5) is 27.9. The van der Waals surface area contributed by atoms with Gasteiger partial charge in [-0.25, -0.2) is 5.01 Å². The van der Waals surface area contributed by atoms with Gasteiger partial charge >= 0.3 is 7.12 Å². The van der Waals surface area contributed by atoms with E-state index < -0.39 is 24.2 Å². The summed E-state index contributed by atoms with van der Waals surface area (Å²) in [7, 11) is -0.687. The Morgan fingerprint density at radius 2 is 1.63 bits per heavy atom. The van der Waals surface area contributed by atoms with Gasteiger partial charge in [0.05, 0.1) is 23.9 Å². The van der Waals surface area contributed by atoms with Crippen molar-refractivity contribution in [2.75, 3.05) is 19.8 Å². The van der Waals surface area contributed by atoms with E-state index in [-0.39, 0.29) is 30.3 Å². The summed E-state index contributed by atoms with van der Waals surface area (Å²) in [6, 6.07) is 10.7. The van der Waals surface area contributed by atoms with Crippen molar-refractivity contribution in [2.45, 2.75) is 118 Å². The molecule has 2 aliphatic heterocycles. The Bertz CT molecular complexity index is 1340. The third-order valence-electron chi connectivity index (χ3n) is 9.17. The molecule has 0 bridgehead atoms. The average Bonchev–Trinajstić information content (AvgIpc) is 3.19. The molecule has 9 nitrogen and oxygen atoms in total. The van der Waals surface area contributed by atoms with Gasteiger partial charge in [0.15, 0.2) is 6.29 Å². The summed E-state index contributed by atoms with van der Waals surface area (Å²) in [5.74, 6) is -0.221. The van der Waals surface area contributed by atoms with Crippen LogP contribution < -0.4 is 15.6 Å². The number of carbonyl (C=O) groups excluding carboxylic acids is 2. The topological polar surface area (TPSA) is 95.6 Å². The molecule has 1 unspecified atom stereocenters. The molecule has 4 rings (SSSR count). The minimum atomic E-state index is -0.687. The molecular formula is C36H53BN2O7. The molecular weight excluding hydrogens is 583 g/mol. The Labute approximate surface area is 275 Å². The van der Waals surface area contributed by atoms with E-state index in [2.05, 4.69) is 26.2 Å². The van der Waals surface area contributed by atoms with Crippen LogP contribution in [0.15, 0.2) is 36.4 Å². The van der Waals surface area contributed by atoms with Gasteiger partial charge in [-0.15, -0.1) is 0 Å². The summed E-state index contributed by atoms with van der Waals surface area (Å²) in [6.45, 7) is 21.4. The lowest BCUT2D eigenvalue weighted by Crippen LogP contribution is -2.56. The van der Waals surface area contributed by atoms with Crippen LogP contribution in [0.5, 0.6) is 5.75 Å². The zero-order valence-corrected chi connectivity index (χ0v) is 29.5. The molecule has 2 heterocycles. The van der Waals surface area contributed by atoms with E-state index in [0.29, 0.717) is 42.0 Å².